The van der Waals surface area contributed by atoms with E-state index < -0.39 is 0 Å². The number of hydrogen-bond acceptors (Lipinski definition) is 5. The Morgan fingerprint density at radius 1 is 1.24 bits per heavy atom. The summed E-state index contributed by atoms with van der Waals surface area (Å²) in [5.74, 6) is 0.988. The van der Waals surface area contributed by atoms with Crippen molar-refractivity contribution in [1.29, 1.82) is 0 Å². The topological polar surface area (TPSA) is 67.9 Å². The van der Waals surface area contributed by atoms with Crippen molar-refractivity contribution < 1.29 is 19.1 Å². The number of aryl methyl sites for hydroxylation is 1. The molecule has 2 amide bonds. The Morgan fingerprint density at radius 2 is 2.00 bits per heavy atom. The maximum atomic E-state index is 12.2. The molecule has 3 rings (SSSR count). The highest BCUT2D eigenvalue weighted by molar-refractivity contribution is 7.13. The quantitative estimate of drug-likeness (QED) is 0.887. The second kappa shape index (κ2) is 7.57. The molecule has 1 aromatic heterocycles. The van der Waals surface area contributed by atoms with E-state index in [4.69, 9.17) is 9.47 Å². The van der Waals surface area contributed by atoms with E-state index in [1.807, 2.05) is 37.3 Å². The number of likely N-dealkylation sites (N-methyl/N-ethyl adjacent to an activating group) is 1. The van der Waals surface area contributed by atoms with Gasteiger partial charge in [-0.25, -0.2) is 0 Å². The number of carbonyl (C=O) groups excluding carboxylic acids is 2. The number of fused-ring (bicyclic) bond motifs is 1. The molecule has 0 saturated heterocycles. The van der Waals surface area contributed by atoms with E-state index in [2.05, 4.69) is 5.32 Å². The standard InChI is InChI=1S/C18H20N2O4S/c1-12-7-8-16(25-12)18(22)19-9-17(21)20(2)10-13-11-23-14-5-3-4-6-15(14)24-13/h3-8,13H,9-11H2,1-2H3,(H,19,22). The van der Waals surface area contributed by atoms with Crippen molar-refractivity contribution >= 4 is 23.2 Å². The summed E-state index contributed by atoms with van der Waals surface area (Å²) in [7, 11) is 1.69. The van der Waals surface area contributed by atoms with Crippen LogP contribution < -0.4 is 14.8 Å². The highest BCUT2D eigenvalue weighted by atomic mass is 32.1. The number of thiophene rings is 1. The van der Waals surface area contributed by atoms with E-state index in [1.54, 1.807) is 18.0 Å². The third kappa shape index (κ3) is 4.30. The zero-order valence-electron chi connectivity index (χ0n) is 14.2. The molecule has 2 heterocycles. The minimum Gasteiger partial charge on any atom is -0.486 e. The molecule has 1 aromatic carbocycles. The summed E-state index contributed by atoms with van der Waals surface area (Å²) in [5, 5.41) is 2.65. The Labute approximate surface area is 150 Å². The van der Waals surface area contributed by atoms with Gasteiger partial charge in [-0.15, -0.1) is 11.3 Å². The summed E-state index contributed by atoms with van der Waals surface area (Å²) < 4.78 is 11.5. The van der Waals surface area contributed by atoms with Gasteiger partial charge < -0.3 is 19.7 Å². The molecule has 1 N–H and O–H groups in total. The zero-order valence-corrected chi connectivity index (χ0v) is 15.0. The molecule has 6 nitrogen and oxygen atoms in total. The summed E-state index contributed by atoms with van der Waals surface area (Å²) in [6.07, 6.45) is -0.237. The Morgan fingerprint density at radius 3 is 2.72 bits per heavy atom. The molecule has 0 aliphatic carbocycles. The molecule has 0 spiro atoms. The average molecular weight is 360 g/mol. The van der Waals surface area contributed by atoms with E-state index in [-0.39, 0.29) is 24.5 Å². The smallest absolute Gasteiger partial charge is 0.261 e. The first-order chi connectivity index (χ1) is 12.0. The number of rotatable bonds is 5. The number of amides is 2. The summed E-state index contributed by atoms with van der Waals surface area (Å²) in [4.78, 5) is 27.4. The lowest BCUT2D eigenvalue weighted by Crippen LogP contribution is -2.45. The normalized spacial score (nSPS) is 15.5. The first kappa shape index (κ1) is 17.3. The van der Waals surface area contributed by atoms with E-state index in [0.29, 0.717) is 29.5 Å². The summed E-state index contributed by atoms with van der Waals surface area (Å²) in [6, 6.07) is 11.1. The van der Waals surface area contributed by atoms with Crippen LogP contribution in [-0.2, 0) is 4.79 Å². The van der Waals surface area contributed by atoms with Crippen LogP contribution in [-0.4, -0.2) is 49.6 Å². The zero-order chi connectivity index (χ0) is 17.8. The van der Waals surface area contributed by atoms with Crippen LogP contribution in [0, 0.1) is 6.92 Å². The summed E-state index contributed by atoms with van der Waals surface area (Å²) in [5.41, 5.74) is 0. The molecule has 1 atom stereocenters. The molecular weight excluding hydrogens is 340 g/mol. The van der Waals surface area contributed by atoms with Gasteiger partial charge in [-0.2, -0.15) is 0 Å². The van der Waals surface area contributed by atoms with Crippen molar-refractivity contribution in [2.24, 2.45) is 0 Å². The van der Waals surface area contributed by atoms with Gasteiger partial charge in [-0.05, 0) is 31.2 Å². The molecule has 1 unspecified atom stereocenters. The lowest BCUT2D eigenvalue weighted by molar-refractivity contribution is -0.130. The fraction of sp³-hybridized carbons (Fsp3) is 0.333. The first-order valence-electron chi connectivity index (χ1n) is 8.00. The Bertz CT molecular complexity index is 774. The lowest BCUT2D eigenvalue weighted by Gasteiger charge is -2.29. The molecule has 0 radical (unpaired) electrons. The SMILES string of the molecule is Cc1ccc(C(=O)NCC(=O)N(C)CC2COc3ccccc3O2)s1. The van der Waals surface area contributed by atoms with Crippen molar-refractivity contribution in [1.82, 2.24) is 10.2 Å². The monoisotopic (exact) mass is 360 g/mol. The molecular formula is C18H20N2O4S. The number of nitrogens with one attached hydrogen (secondary N) is 1. The van der Waals surface area contributed by atoms with Crippen molar-refractivity contribution in [3.63, 3.8) is 0 Å². The summed E-state index contributed by atoms with van der Waals surface area (Å²) >= 11 is 1.40. The average Bonchev–Trinajstić information content (AvgIpc) is 3.05. The maximum Gasteiger partial charge on any atom is 0.261 e. The largest absolute Gasteiger partial charge is 0.486 e. The van der Waals surface area contributed by atoms with Crippen molar-refractivity contribution in [3.8, 4) is 11.5 Å². The van der Waals surface area contributed by atoms with Crippen molar-refractivity contribution in [2.75, 3.05) is 26.7 Å². The van der Waals surface area contributed by atoms with Crippen LogP contribution in [0.4, 0.5) is 0 Å². The van der Waals surface area contributed by atoms with E-state index in [9.17, 15) is 9.59 Å². The predicted octanol–water partition coefficient (Wildman–Crippen LogP) is 2.08. The molecule has 7 heteroatoms. The third-order valence-corrected chi connectivity index (χ3v) is 4.83. The van der Waals surface area contributed by atoms with Crippen LogP contribution in [0.25, 0.3) is 0 Å². The minimum atomic E-state index is -0.237. The molecule has 132 valence electrons. The molecule has 1 aliphatic rings. The third-order valence-electron chi connectivity index (χ3n) is 3.84. The van der Waals surface area contributed by atoms with Crippen LogP contribution in [0.2, 0.25) is 0 Å². The van der Waals surface area contributed by atoms with Gasteiger partial charge in [0, 0.05) is 11.9 Å². The number of hydrogen-bond donors (Lipinski definition) is 1. The Balaban J connectivity index is 1.47. The van der Waals surface area contributed by atoms with Crippen LogP contribution in [0.1, 0.15) is 14.5 Å². The molecule has 0 saturated carbocycles. The van der Waals surface area contributed by atoms with Crippen LogP contribution in [0.5, 0.6) is 11.5 Å². The summed E-state index contributed by atoms with van der Waals surface area (Å²) in [6.45, 7) is 2.66. The molecule has 25 heavy (non-hydrogen) atoms. The van der Waals surface area contributed by atoms with Gasteiger partial charge in [0.15, 0.2) is 17.6 Å². The number of para-hydroxylation sites is 2. The fourth-order valence-electron chi connectivity index (χ4n) is 2.49. The van der Waals surface area contributed by atoms with Gasteiger partial charge in [0.05, 0.1) is 18.0 Å². The minimum absolute atomic E-state index is 0.0452. The highest BCUT2D eigenvalue weighted by Gasteiger charge is 2.23. The van der Waals surface area contributed by atoms with Gasteiger partial charge in [0.25, 0.3) is 5.91 Å². The molecule has 0 bridgehead atoms. The van der Waals surface area contributed by atoms with Crippen LogP contribution in [0.15, 0.2) is 36.4 Å². The highest BCUT2D eigenvalue weighted by Crippen LogP contribution is 2.30. The van der Waals surface area contributed by atoms with Gasteiger partial charge in [0.2, 0.25) is 5.91 Å². The van der Waals surface area contributed by atoms with Gasteiger partial charge >= 0.3 is 0 Å². The van der Waals surface area contributed by atoms with E-state index in [1.165, 1.54) is 11.3 Å². The number of carbonyl (C=O) groups is 2. The van der Waals surface area contributed by atoms with E-state index >= 15 is 0 Å². The first-order valence-corrected chi connectivity index (χ1v) is 8.81. The second-order valence-corrected chi connectivity index (χ2v) is 7.15. The van der Waals surface area contributed by atoms with Crippen LogP contribution >= 0.6 is 11.3 Å². The number of nitrogens with zero attached hydrogens (tertiary/aromatic N) is 1. The maximum absolute atomic E-state index is 12.2. The Kier molecular flexibility index (Phi) is 5.23. The fourth-order valence-corrected chi connectivity index (χ4v) is 3.28. The predicted molar refractivity (Wildman–Crippen MR) is 95.4 cm³/mol. The van der Waals surface area contributed by atoms with Gasteiger partial charge in [-0.1, -0.05) is 12.1 Å². The van der Waals surface area contributed by atoms with Crippen LogP contribution in [0.3, 0.4) is 0 Å². The Hall–Kier alpha value is -2.54. The molecule has 1 aliphatic heterocycles. The number of benzene rings is 1. The van der Waals surface area contributed by atoms with Gasteiger partial charge in [0.1, 0.15) is 6.61 Å². The van der Waals surface area contributed by atoms with Crippen molar-refractivity contribution in [2.45, 2.75) is 13.0 Å². The molecule has 2 aromatic rings. The van der Waals surface area contributed by atoms with Crippen molar-refractivity contribution in [3.05, 3.63) is 46.2 Å². The lowest BCUT2D eigenvalue weighted by atomic mass is 10.2. The molecule has 0 fully saturated rings. The number of ether oxygens (including phenoxy) is 2. The van der Waals surface area contributed by atoms with E-state index in [0.717, 1.165) is 4.88 Å². The van der Waals surface area contributed by atoms with Gasteiger partial charge in [-0.3, -0.25) is 9.59 Å². The second-order valence-electron chi connectivity index (χ2n) is 5.86.